The minimum atomic E-state index is 0.536. The molecule has 2 unspecified atom stereocenters. The van der Waals surface area contributed by atoms with Crippen molar-refractivity contribution in [1.29, 1.82) is 0 Å². The third kappa shape index (κ3) is 3.62. The van der Waals surface area contributed by atoms with Crippen LogP contribution < -0.4 is 5.32 Å². The molecule has 94 valence electrons. The van der Waals surface area contributed by atoms with E-state index in [1.165, 1.54) is 30.8 Å². The van der Waals surface area contributed by atoms with Gasteiger partial charge in [-0.15, -0.1) is 0 Å². The largest absolute Gasteiger partial charge is 0.383 e. The maximum Gasteiger partial charge on any atom is 0.0630 e. The number of hydrogen-bond donors (Lipinski definition) is 1. The van der Waals surface area contributed by atoms with Gasteiger partial charge in [0.1, 0.15) is 0 Å². The molecule has 1 saturated heterocycles. The molecule has 2 fully saturated rings. The molecular formula is C12H24N2OS. The van der Waals surface area contributed by atoms with Crippen LogP contribution in [0.3, 0.4) is 0 Å². The number of ether oxygens (including phenoxy) is 1. The Hall–Kier alpha value is 0.230. The molecule has 1 saturated carbocycles. The summed E-state index contributed by atoms with van der Waals surface area (Å²) in [6, 6.07) is 2.09. The second-order valence-electron chi connectivity index (χ2n) is 4.97. The number of nitrogens with one attached hydrogen (secondary N) is 1. The topological polar surface area (TPSA) is 24.5 Å². The summed E-state index contributed by atoms with van der Waals surface area (Å²) >= 11 is 2.08. The zero-order chi connectivity index (χ0) is 11.4. The average molecular weight is 244 g/mol. The Labute approximate surface area is 103 Å². The highest BCUT2D eigenvalue weighted by Crippen LogP contribution is 2.23. The Bertz CT molecular complexity index is 205. The standard InChI is InChI=1S/C12H24N2OS/c1-14(11-5-6-16-9-11)12(8-15-2)7-13-10-3-4-10/h10-13H,3-9H2,1-2H3. The number of methoxy groups -OCH3 is 1. The number of nitrogens with zero attached hydrogens (tertiary/aromatic N) is 1. The van der Waals surface area contributed by atoms with E-state index in [2.05, 4.69) is 29.0 Å². The van der Waals surface area contributed by atoms with E-state index in [-0.39, 0.29) is 0 Å². The van der Waals surface area contributed by atoms with Crippen molar-refractivity contribution in [2.75, 3.05) is 38.8 Å². The normalized spacial score (nSPS) is 27.6. The van der Waals surface area contributed by atoms with Gasteiger partial charge in [-0.1, -0.05) is 0 Å². The Balaban J connectivity index is 1.77. The van der Waals surface area contributed by atoms with Gasteiger partial charge >= 0.3 is 0 Å². The van der Waals surface area contributed by atoms with Crippen molar-refractivity contribution in [3.8, 4) is 0 Å². The van der Waals surface area contributed by atoms with Gasteiger partial charge < -0.3 is 10.1 Å². The van der Waals surface area contributed by atoms with Crippen LogP contribution in [0.25, 0.3) is 0 Å². The first kappa shape index (κ1) is 12.7. The van der Waals surface area contributed by atoms with Crippen molar-refractivity contribution in [2.45, 2.75) is 37.4 Å². The van der Waals surface area contributed by atoms with Gasteiger partial charge in [-0.2, -0.15) is 11.8 Å². The Kier molecular flexibility index (Phi) is 4.95. The summed E-state index contributed by atoms with van der Waals surface area (Å²) in [4.78, 5) is 2.53. The van der Waals surface area contributed by atoms with Crippen molar-refractivity contribution in [1.82, 2.24) is 10.2 Å². The highest BCUT2D eigenvalue weighted by Gasteiger charge is 2.28. The molecule has 1 N–H and O–H groups in total. The molecule has 0 aromatic rings. The third-order valence-corrected chi connectivity index (χ3v) is 4.78. The zero-order valence-corrected chi connectivity index (χ0v) is 11.3. The van der Waals surface area contributed by atoms with E-state index in [1.54, 1.807) is 7.11 Å². The molecule has 1 aliphatic carbocycles. The van der Waals surface area contributed by atoms with Crippen molar-refractivity contribution in [3.63, 3.8) is 0 Å². The van der Waals surface area contributed by atoms with Gasteiger partial charge in [0, 0.05) is 37.5 Å². The van der Waals surface area contributed by atoms with Crippen LogP contribution in [0, 0.1) is 0 Å². The molecule has 0 aromatic carbocycles. The van der Waals surface area contributed by atoms with Gasteiger partial charge in [0.15, 0.2) is 0 Å². The lowest BCUT2D eigenvalue weighted by atomic mass is 10.1. The van der Waals surface area contributed by atoms with Gasteiger partial charge in [-0.05, 0) is 32.1 Å². The lowest BCUT2D eigenvalue weighted by molar-refractivity contribution is 0.0853. The zero-order valence-electron chi connectivity index (χ0n) is 10.4. The quantitative estimate of drug-likeness (QED) is 0.727. The third-order valence-electron chi connectivity index (χ3n) is 3.64. The number of hydrogen-bond acceptors (Lipinski definition) is 4. The van der Waals surface area contributed by atoms with E-state index >= 15 is 0 Å². The van der Waals surface area contributed by atoms with Gasteiger partial charge in [0.2, 0.25) is 0 Å². The van der Waals surface area contributed by atoms with Gasteiger partial charge in [0.25, 0.3) is 0 Å². The lowest BCUT2D eigenvalue weighted by Crippen LogP contribution is -2.48. The highest BCUT2D eigenvalue weighted by atomic mass is 32.2. The van der Waals surface area contributed by atoms with Gasteiger partial charge in [-0.25, -0.2) is 0 Å². The first-order chi connectivity index (χ1) is 7.81. The van der Waals surface area contributed by atoms with Crippen LogP contribution >= 0.6 is 11.8 Å². The molecule has 0 radical (unpaired) electrons. The minimum absolute atomic E-state index is 0.536. The average Bonchev–Trinajstić information content (AvgIpc) is 2.95. The second kappa shape index (κ2) is 6.24. The van der Waals surface area contributed by atoms with Crippen molar-refractivity contribution >= 4 is 11.8 Å². The molecule has 0 amide bonds. The molecule has 0 bridgehead atoms. The predicted octanol–water partition coefficient (Wildman–Crippen LogP) is 1.19. The molecule has 1 heterocycles. The molecule has 3 nitrogen and oxygen atoms in total. The van der Waals surface area contributed by atoms with Crippen LogP contribution in [0.15, 0.2) is 0 Å². The van der Waals surface area contributed by atoms with Crippen molar-refractivity contribution < 1.29 is 4.74 Å². The fourth-order valence-electron chi connectivity index (χ4n) is 2.24. The summed E-state index contributed by atoms with van der Waals surface area (Å²) in [7, 11) is 4.07. The van der Waals surface area contributed by atoms with E-state index in [9.17, 15) is 0 Å². The highest BCUT2D eigenvalue weighted by molar-refractivity contribution is 7.99. The Morgan fingerprint density at radius 1 is 1.44 bits per heavy atom. The number of rotatable bonds is 7. The summed E-state index contributed by atoms with van der Waals surface area (Å²) in [5, 5.41) is 3.62. The second-order valence-corrected chi connectivity index (χ2v) is 6.12. The van der Waals surface area contributed by atoms with E-state index < -0.39 is 0 Å². The Morgan fingerprint density at radius 3 is 2.81 bits per heavy atom. The van der Waals surface area contributed by atoms with Crippen LogP contribution in [-0.4, -0.2) is 61.8 Å². The number of likely N-dealkylation sites (N-methyl/N-ethyl adjacent to an activating group) is 1. The summed E-state index contributed by atoms with van der Waals surface area (Å²) in [6.07, 6.45) is 4.07. The van der Waals surface area contributed by atoms with E-state index in [1.807, 2.05) is 0 Å². The Morgan fingerprint density at radius 2 is 2.25 bits per heavy atom. The summed E-state index contributed by atoms with van der Waals surface area (Å²) in [6.45, 7) is 1.92. The minimum Gasteiger partial charge on any atom is -0.383 e. The van der Waals surface area contributed by atoms with Crippen molar-refractivity contribution in [2.24, 2.45) is 0 Å². The van der Waals surface area contributed by atoms with E-state index in [0.717, 1.165) is 25.2 Å². The summed E-state index contributed by atoms with van der Waals surface area (Å²) < 4.78 is 5.35. The van der Waals surface area contributed by atoms with Crippen LogP contribution in [-0.2, 0) is 4.74 Å². The van der Waals surface area contributed by atoms with Gasteiger partial charge in [0.05, 0.1) is 6.61 Å². The van der Waals surface area contributed by atoms with Crippen LogP contribution in [0.5, 0.6) is 0 Å². The fraction of sp³-hybridized carbons (Fsp3) is 1.00. The molecular weight excluding hydrogens is 220 g/mol. The lowest BCUT2D eigenvalue weighted by Gasteiger charge is -2.32. The first-order valence-corrected chi connectivity index (χ1v) is 7.48. The van der Waals surface area contributed by atoms with Crippen molar-refractivity contribution in [3.05, 3.63) is 0 Å². The fourth-order valence-corrected chi connectivity index (χ4v) is 3.52. The van der Waals surface area contributed by atoms with Gasteiger partial charge in [-0.3, -0.25) is 4.90 Å². The molecule has 2 aliphatic rings. The van der Waals surface area contributed by atoms with Crippen LogP contribution in [0.2, 0.25) is 0 Å². The maximum absolute atomic E-state index is 5.35. The number of thioether (sulfide) groups is 1. The monoisotopic (exact) mass is 244 g/mol. The van der Waals surface area contributed by atoms with Crippen LogP contribution in [0.4, 0.5) is 0 Å². The molecule has 0 aromatic heterocycles. The van der Waals surface area contributed by atoms with E-state index in [0.29, 0.717) is 6.04 Å². The van der Waals surface area contributed by atoms with Crippen LogP contribution in [0.1, 0.15) is 19.3 Å². The molecule has 4 heteroatoms. The predicted molar refractivity (Wildman–Crippen MR) is 70.2 cm³/mol. The summed E-state index contributed by atoms with van der Waals surface area (Å²) in [5.41, 5.74) is 0. The molecule has 2 rings (SSSR count). The smallest absolute Gasteiger partial charge is 0.0630 e. The molecule has 16 heavy (non-hydrogen) atoms. The molecule has 1 aliphatic heterocycles. The molecule has 2 atom stereocenters. The van der Waals surface area contributed by atoms with E-state index in [4.69, 9.17) is 4.74 Å². The summed E-state index contributed by atoms with van der Waals surface area (Å²) in [5.74, 6) is 2.62. The SMILES string of the molecule is COCC(CNC1CC1)N(C)C1CCSC1. The molecule has 0 spiro atoms. The first-order valence-electron chi connectivity index (χ1n) is 6.33. The maximum atomic E-state index is 5.35.